The maximum absolute atomic E-state index is 13.0. The highest BCUT2D eigenvalue weighted by Gasteiger charge is 2.38. The Kier molecular flexibility index (Phi) is 8.55. The lowest BCUT2D eigenvalue weighted by molar-refractivity contribution is -0.137. The summed E-state index contributed by atoms with van der Waals surface area (Å²) in [5, 5.41) is 15.4. The van der Waals surface area contributed by atoms with Crippen LogP contribution in [0.5, 0.6) is 0 Å². The maximum Gasteiger partial charge on any atom is 0.416 e. The lowest BCUT2D eigenvalue weighted by atomic mass is 9.74. The first-order valence-corrected chi connectivity index (χ1v) is 14.5. The van der Waals surface area contributed by atoms with E-state index in [9.17, 15) is 27.9 Å². The van der Waals surface area contributed by atoms with Gasteiger partial charge in [-0.05, 0) is 82.4 Å². The summed E-state index contributed by atoms with van der Waals surface area (Å²) in [5.41, 5.74) is 1.46. The van der Waals surface area contributed by atoms with Crippen LogP contribution >= 0.6 is 0 Å². The van der Waals surface area contributed by atoms with Crippen LogP contribution in [0.25, 0.3) is 11.1 Å². The number of nitrogens with zero attached hydrogens (tertiary/aromatic N) is 3. The zero-order valence-electron chi connectivity index (χ0n) is 23.9. The lowest BCUT2D eigenvalue weighted by Gasteiger charge is -2.36. The summed E-state index contributed by atoms with van der Waals surface area (Å²) >= 11 is 0. The van der Waals surface area contributed by atoms with Gasteiger partial charge in [-0.25, -0.2) is 0 Å². The fourth-order valence-corrected chi connectivity index (χ4v) is 6.47. The SMILES string of the molecule is Cc1noc(C)c1-c1ccc(C2(O)CCC(CC3CCN(C(=O)CCC(=O)c4cccc(C(F)(F)F)c4)C3)CC2)nc1. The van der Waals surface area contributed by atoms with E-state index in [1.807, 2.05) is 26.0 Å². The van der Waals surface area contributed by atoms with E-state index in [2.05, 4.69) is 10.1 Å². The van der Waals surface area contributed by atoms with E-state index in [0.717, 1.165) is 60.4 Å². The molecule has 3 aromatic rings. The van der Waals surface area contributed by atoms with Gasteiger partial charge in [-0.2, -0.15) is 13.2 Å². The molecule has 1 amide bonds. The molecular weight excluding hydrogens is 547 g/mol. The van der Waals surface area contributed by atoms with Crippen molar-refractivity contribution in [1.82, 2.24) is 15.0 Å². The number of aliphatic hydroxyl groups is 1. The third-order valence-electron chi connectivity index (χ3n) is 8.88. The zero-order valence-corrected chi connectivity index (χ0v) is 23.9. The van der Waals surface area contributed by atoms with Crippen LogP contribution in [-0.2, 0) is 16.6 Å². The third kappa shape index (κ3) is 6.59. The first-order valence-electron chi connectivity index (χ1n) is 14.5. The molecule has 1 aliphatic carbocycles. The number of aryl methyl sites for hydroxylation is 2. The number of likely N-dealkylation sites (tertiary alicyclic amines) is 1. The summed E-state index contributed by atoms with van der Waals surface area (Å²) in [4.78, 5) is 31.6. The van der Waals surface area contributed by atoms with Gasteiger partial charge in [-0.3, -0.25) is 14.6 Å². The van der Waals surface area contributed by atoms with Crippen molar-refractivity contribution in [3.8, 4) is 11.1 Å². The van der Waals surface area contributed by atoms with E-state index in [0.29, 0.717) is 43.5 Å². The second kappa shape index (κ2) is 12.0. The number of Topliss-reactive ketones (excluding diaryl/α,β-unsaturated/α-hetero) is 1. The number of pyridine rings is 1. The van der Waals surface area contributed by atoms with Gasteiger partial charge in [0.15, 0.2) is 5.78 Å². The number of carbonyl (C=O) groups is 2. The highest BCUT2D eigenvalue weighted by molar-refractivity contribution is 5.98. The quantitative estimate of drug-likeness (QED) is 0.298. The Morgan fingerprint density at radius 3 is 2.48 bits per heavy atom. The number of alkyl halides is 3. The molecule has 224 valence electrons. The van der Waals surface area contributed by atoms with Crippen LogP contribution in [0.2, 0.25) is 0 Å². The normalized spacial score (nSPS) is 22.9. The van der Waals surface area contributed by atoms with Crippen molar-refractivity contribution in [3.63, 3.8) is 0 Å². The average molecular weight is 584 g/mol. The van der Waals surface area contributed by atoms with Gasteiger partial charge in [0.1, 0.15) is 11.4 Å². The van der Waals surface area contributed by atoms with Gasteiger partial charge in [0.25, 0.3) is 0 Å². The van der Waals surface area contributed by atoms with Gasteiger partial charge in [0, 0.05) is 48.8 Å². The number of carbonyl (C=O) groups excluding carboxylic acids is 2. The Hall–Kier alpha value is -3.53. The van der Waals surface area contributed by atoms with Crippen LogP contribution in [0.3, 0.4) is 0 Å². The Bertz CT molecular complexity index is 1410. The number of amides is 1. The number of benzene rings is 1. The molecule has 1 saturated carbocycles. The smallest absolute Gasteiger partial charge is 0.384 e. The topological polar surface area (TPSA) is 96.5 Å². The van der Waals surface area contributed by atoms with Crippen molar-refractivity contribution in [2.24, 2.45) is 11.8 Å². The minimum Gasteiger partial charge on any atom is -0.384 e. The number of halogens is 3. The van der Waals surface area contributed by atoms with Crippen LogP contribution in [-0.4, -0.2) is 44.9 Å². The van der Waals surface area contributed by atoms with Gasteiger partial charge in [-0.1, -0.05) is 23.4 Å². The van der Waals surface area contributed by atoms with Gasteiger partial charge < -0.3 is 14.5 Å². The predicted molar refractivity (Wildman–Crippen MR) is 149 cm³/mol. The van der Waals surface area contributed by atoms with Crippen LogP contribution in [0.4, 0.5) is 13.2 Å². The molecular formula is C32H36F3N3O4. The Morgan fingerprint density at radius 1 is 1.07 bits per heavy atom. The zero-order chi connectivity index (χ0) is 30.1. The van der Waals surface area contributed by atoms with Crippen molar-refractivity contribution in [2.45, 2.75) is 77.0 Å². The number of hydrogen-bond donors (Lipinski definition) is 1. The number of rotatable bonds is 8. The summed E-state index contributed by atoms with van der Waals surface area (Å²) < 4.78 is 44.1. The van der Waals surface area contributed by atoms with Crippen molar-refractivity contribution < 1.29 is 32.4 Å². The molecule has 1 saturated heterocycles. The van der Waals surface area contributed by atoms with Gasteiger partial charge in [-0.15, -0.1) is 0 Å². The Balaban J connectivity index is 1.07. The first-order chi connectivity index (χ1) is 19.9. The fourth-order valence-electron chi connectivity index (χ4n) is 6.47. The fraction of sp³-hybridized carbons (Fsp3) is 0.500. The molecule has 1 atom stereocenters. The largest absolute Gasteiger partial charge is 0.416 e. The van der Waals surface area contributed by atoms with Crippen LogP contribution in [0.1, 0.15) is 84.4 Å². The lowest BCUT2D eigenvalue weighted by Crippen LogP contribution is -2.33. The molecule has 3 heterocycles. The molecule has 7 nitrogen and oxygen atoms in total. The molecule has 2 aliphatic rings. The molecule has 10 heteroatoms. The minimum absolute atomic E-state index is 0.0136. The maximum atomic E-state index is 13.0. The predicted octanol–water partition coefficient (Wildman–Crippen LogP) is 6.65. The van der Waals surface area contributed by atoms with E-state index in [1.54, 1.807) is 11.1 Å². The molecule has 42 heavy (non-hydrogen) atoms. The average Bonchev–Trinajstić information content (AvgIpc) is 3.58. The van der Waals surface area contributed by atoms with Crippen LogP contribution in [0.15, 0.2) is 47.1 Å². The van der Waals surface area contributed by atoms with Gasteiger partial charge >= 0.3 is 6.18 Å². The first kappa shape index (κ1) is 29.9. The second-order valence-electron chi connectivity index (χ2n) is 11.8. The van der Waals surface area contributed by atoms with E-state index in [-0.39, 0.29) is 24.3 Å². The standard InChI is InChI=1S/C32H36F3N3O4/c1-20-30(21(2)42-37-20)25-6-8-28(36-18-25)31(41)13-10-22(11-14-31)16-23-12-15-38(19-23)29(40)9-7-27(39)24-4-3-5-26(17-24)32(33,34)35/h3-6,8,17-18,22-23,41H,7,9-16,19H2,1-2H3. The van der Waals surface area contributed by atoms with Gasteiger partial charge in [0.2, 0.25) is 5.91 Å². The molecule has 1 unspecified atom stereocenters. The number of ketones is 1. The third-order valence-corrected chi connectivity index (χ3v) is 8.88. The molecule has 0 bridgehead atoms. The van der Waals surface area contributed by atoms with E-state index in [1.165, 1.54) is 12.1 Å². The molecule has 0 spiro atoms. The van der Waals surface area contributed by atoms with Crippen molar-refractivity contribution in [2.75, 3.05) is 13.1 Å². The highest BCUT2D eigenvalue weighted by atomic mass is 19.4. The molecule has 1 N–H and O–H groups in total. The Labute approximate surface area is 243 Å². The number of hydrogen-bond acceptors (Lipinski definition) is 6. The highest BCUT2D eigenvalue weighted by Crippen LogP contribution is 2.42. The molecule has 2 aromatic heterocycles. The summed E-state index contributed by atoms with van der Waals surface area (Å²) in [6.07, 6.45) is 1.98. The van der Waals surface area contributed by atoms with Crippen LogP contribution < -0.4 is 0 Å². The second-order valence-corrected chi connectivity index (χ2v) is 11.8. The summed E-state index contributed by atoms with van der Waals surface area (Å²) in [6, 6.07) is 8.18. The van der Waals surface area contributed by atoms with Gasteiger partial charge in [0.05, 0.1) is 17.0 Å². The van der Waals surface area contributed by atoms with E-state index < -0.39 is 23.1 Å². The Morgan fingerprint density at radius 2 is 1.83 bits per heavy atom. The van der Waals surface area contributed by atoms with Crippen LogP contribution in [0, 0.1) is 25.7 Å². The van der Waals surface area contributed by atoms with Crippen molar-refractivity contribution >= 4 is 11.7 Å². The van der Waals surface area contributed by atoms with Crippen molar-refractivity contribution in [1.29, 1.82) is 0 Å². The number of aromatic nitrogens is 2. The molecule has 1 aromatic carbocycles. The molecule has 0 radical (unpaired) electrons. The minimum atomic E-state index is -4.52. The van der Waals surface area contributed by atoms with E-state index in [4.69, 9.17) is 4.52 Å². The molecule has 1 aliphatic heterocycles. The van der Waals surface area contributed by atoms with E-state index >= 15 is 0 Å². The molecule has 5 rings (SSSR count). The van der Waals surface area contributed by atoms with Crippen molar-refractivity contribution in [3.05, 3.63) is 70.9 Å². The molecule has 2 fully saturated rings. The monoisotopic (exact) mass is 583 g/mol. The summed E-state index contributed by atoms with van der Waals surface area (Å²) in [7, 11) is 0. The summed E-state index contributed by atoms with van der Waals surface area (Å²) in [6.45, 7) is 5.00. The summed E-state index contributed by atoms with van der Waals surface area (Å²) in [5.74, 6) is 0.943.